The number of nitrogens with zero attached hydrogens (tertiary/aromatic N) is 1. The third-order valence-corrected chi connectivity index (χ3v) is 4.01. The first-order chi connectivity index (χ1) is 9.74. The molecule has 0 saturated carbocycles. The molecule has 0 atom stereocenters. The van der Waals surface area contributed by atoms with Gasteiger partial charge in [0, 0.05) is 17.8 Å². The molecule has 3 nitrogen and oxygen atoms in total. The van der Waals surface area contributed by atoms with Gasteiger partial charge in [-0.05, 0) is 29.3 Å². The van der Waals surface area contributed by atoms with Crippen LogP contribution in [-0.4, -0.2) is 30.6 Å². The summed E-state index contributed by atoms with van der Waals surface area (Å²) in [7, 11) is 0. The molecule has 1 aromatic carbocycles. The van der Waals surface area contributed by atoms with Gasteiger partial charge in [0.1, 0.15) is 0 Å². The van der Waals surface area contributed by atoms with E-state index >= 15 is 0 Å². The van der Waals surface area contributed by atoms with Crippen molar-refractivity contribution in [2.45, 2.75) is 13.5 Å². The molecule has 4 heteroatoms. The number of rotatable bonds is 7. The van der Waals surface area contributed by atoms with E-state index in [1.807, 2.05) is 30.0 Å². The lowest BCUT2D eigenvalue weighted by molar-refractivity contribution is -0.144. The zero-order valence-corrected chi connectivity index (χ0v) is 12.5. The van der Waals surface area contributed by atoms with Crippen molar-refractivity contribution in [2.24, 2.45) is 0 Å². The van der Waals surface area contributed by atoms with E-state index in [0.29, 0.717) is 19.7 Å². The number of hydrogen-bond donors (Lipinski definition) is 0. The molecule has 0 amide bonds. The fraction of sp³-hybridized carbons (Fsp3) is 0.312. The van der Waals surface area contributed by atoms with Crippen LogP contribution in [0.25, 0.3) is 10.1 Å². The first-order valence-corrected chi connectivity index (χ1v) is 7.56. The normalized spacial score (nSPS) is 10.9. The van der Waals surface area contributed by atoms with Crippen LogP contribution >= 0.6 is 11.3 Å². The molecule has 0 spiro atoms. The van der Waals surface area contributed by atoms with E-state index in [2.05, 4.69) is 24.1 Å². The minimum Gasteiger partial charge on any atom is -0.465 e. The maximum Gasteiger partial charge on any atom is 0.320 e. The number of ether oxygens (including phenoxy) is 1. The summed E-state index contributed by atoms with van der Waals surface area (Å²) in [5.41, 5.74) is 1.25. The molecule has 0 fully saturated rings. The van der Waals surface area contributed by atoms with Crippen LogP contribution < -0.4 is 0 Å². The molecule has 2 aromatic rings. The van der Waals surface area contributed by atoms with Crippen LogP contribution in [0, 0.1) is 0 Å². The number of benzene rings is 1. The Balaban J connectivity index is 2.11. The van der Waals surface area contributed by atoms with Gasteiger partial charge in [0.25, 0.3) is 0 Å². The van der Waals surface area contributed by atoms with Crippen molar-refractivity contribution < 1.29 is 9.53 Å². The number of esters is 1. The number of hydrogen-bond acceptors (Lipinski definition) is 4. The molecule has 1 heterocycles. The number of fused-ring (bicyclic) bond motifs is 1. The molecule has 0 aliphatic carbocycles. The summed E-state index contributed by atoms with van der Waals surface area (Å²) in [5, 5.41) is 3.42. The SMILES string of the molecule is C=CCN(CC(=O)OCC)Cc1csc2ccccc12. The minimum atomic E-state index is -0.186. The third kappa shape index (κ3) is 3.68. The Labute approximate surface area is 123 Å². The Bertz CT molecular complexity index is 591. The maximum absolute atomic E-state index is 11.6. The standard InChI is InChI=1S/C16H19NO2S/c1-3-9-17(11-16(18)19-4-2)10-13-12-20-15-8-6-5-7-14(13)15/h3,5-8,12H,1,4,9-11H2,2H3. The molecule has 1 aromatic heterocycles. The minimum absolute atomic E-state index is 0.186. The van der Waals surface area contributed by atoms with Gasteiger partial charge in [0.15, 0.2) is 0 Å². The Kier molecular flexibility index (Phi) is 5.32. The van der Waals surface area contributed by atoms with Crippen molar-refractivity contribution >= 4 is 27.4 Å². The monoisotopic (exact) mass is 289 g/mol. The van der Waals surface area contributed by atoms with Crippen molar-refractivity contribution in [3.05, 3.63) is 47.9 Å². The van der Waals surface area contributed by atoms with Crippen molar-refractivity contribution in [3.8, 4) is 0 Å². The van der Waals surface area contributed by atoms with Gasteiger partial charge < -0.3 is 4.74 Å². The summed E-state index contributed by atoms with van der Waals surface area (Å²) in [6, 6.07) is 8.33. The summed E-state index contributed by atoms with van der Waals surface area (Å²) < 4.78 is 6.29. The van der Waals surface area contributed by atoms with Crippen molar-refractivity contribution in [1.29, 1.82) is 0 Å². The molecule has 0 saturated heterocycles. The average molecular weight is 289 g/mol. The quantitative estimate of drug-likeness (QED) is 0.577. The first-order valence-electron chi connectivity index (χ1n) is 6.68. The second kappa shape index (κ2) is 7.22. The summed E-state index contributed by atoms with van der Waals surface area (Å²) in [4.78, 5) is 13.7. The highest BCUT2D eigenvalue weighted by Crippen LogP contribution is 2.26. The number of thiophene rings is 1. The molecule has 0 radical (unpaired) electrons. The largest absolute Gasteiger partial charge is 0.465 e. The van der Waals surface area contributed by atoms with E-state index in [1.165, 1.54) is 15.6 Å². The van der Waals surface area contributed by atoms with Gasteiger partial charge >= 0.3 is 5.97 Å². The van der Waals surface area contributed by atoms with Crippen LogP contribution in [0.4, 0.5) is 0 Å². The van der Waals surface area contributed by atoms with Crippen LogP contribution in [0.5, 0.6) is 0 Å². The highest BCUT2D eigenvalue weighted by atomic mass is 32.1. The van der Waals surface area contributed by atoms with Gasteiger partial charge in [0.05, 0.1) is 13.2 Å². The lowest BCUT2D eigenvalue weighted by Crippen LogP contribution is -2.30. The summed E-state index contributed by atoms with van der Waals surface area (Å²) in [6.45, 7) is 7.69. The Morgan fingerprint density at radius 3 is 3.00 bits per heavy atom. The third-order valence-electron chi connectivity index (χ3n) is 3.00. The Hall–Kier alpha value is -1.65. The fourth-order valence-corrected chi connectivity index (χ4v) is 3.11. The van der Waals surface area contributed by atoms with E-state index in [9.17, 15) is 4.79 Å². The molecular formula is C16H19NO2S. The summed E-state index contributed by atoms with van der Waals surface area (Å²) in [6.07, 6.45) is 1.81. The smallest absolute Gasteiger partial charge is 0.320 e. The Morgan fingerprint density at radius 2 is 2.25 bits per heavy atom. The molecule has 0 bridgehead atoms. The second-order valence-corrected chi connectivity index (χ2v) is 5.43. The Morgan fingerprint density at radius 1 is 1.45 bits per heavy atom. The summed E-state index contributed by atoms with van der Waals surface area (Å²) in [5.74, 6) is -0.186. The highest BCUT2D eigenvalue weighted by Gasteiger charge is 2.13. The summed E-state index contributed by atoms with van der Waals surface area (Å²) >= 11 is 1.73. The van der Waals surface area contributed by atoms with E-state index in [4.69, 9.17) is 4.74 Å². The van der Waals surface area contributed by atoms with Gasteiger partial charge in [-0.1, -0.05) is 24.3 Å². The first kappa shape index (κ1) is 14.8. The highest BCUT2D eigenvalue weighted by molar-refractivity contribution is 7.17. The van der Waals surface area contributed by atoms with Crippen molar-refractivity contribution in [1.82, 2.24) is 4.90 Å². The van der Waals surface area contributed by atoms with Crippen LogP contribution in [0.2, 0.25) is 0 Å². The topological polar surface area (TPSA) is 29.5 Å². The van der Waals surface area contributed by atoms with Gasteiger partial charge in [-0.2, -0.15) is 0 Å². The number of carbonyl (C=O) groups excluding carboxylic acids is 1. The zero-order chi connectivity index (χ0) is 14.4. The average Bonchev–Trinajstić information content (AvgIpc) is 2.83. The molecule has 0 aliphatic heterocycles. The van der Waals surface area contributed by atoms with Gasteiger partial charge in [-0.25, -0.2) is 0 Å². The second-order valence-electron chi connectivity index (χ2n) is 4.52. The number of carbonyl (C=O) groups is 1. The fourth-order valence-electron chi connectivity index (χ4n) is 2.15. The zero-order valence-electron chi connectivity index (χ0n) is 11.7. The van der Waals surface area contributed by atoms with Gasteiger partial charge in [-0.15, -0.1) is 17.9 Å². The van der Waals surface area contributed by atoms with Crippen molar-refractivity contribution in [3.63, 3.8) is 0 Å². The molecule has 0 N–H and O–H groups in total. The van der Waals surface area contributed by atoms with Crippen molar-refractivity contribution in [2.75, 3.05) is 19.7 Å². The molecule has 2 rings (SSSR count). The molecule has 20 heavy (non-hydrogen) atoms. The predicted octanol–water partition coefficient (Wildman–Crippen LogP) is 3.45. The molecule has 0 aliphatic rings. The predicted molar refractivity (Wildman–Crippen MR) is 83.9 cm³/mol. The van der Waals surface area contributed by atoms with Gasteiger partial charge in [0.2, 0.25) is 0 Å². The van der Waals surface area contributed by atoms with E-state index in [0.717, 1.165) is 6.54 Å². The van der Waals surface area contributed by atoms with E-state index in [1.54, 1.807) is 11.3 Å². The molecule has 106 valence electrons. The van der Waals surface area contributed by atoms with E-state index < -0.39 is 0 Å². The van der Waals surface area contributed by atoms with Gasteiger partial charge in [-0.3, -0.25) is 9.69 Å². The molecular weight excluding hydrogens is 270 g/mol. The van der Waals surface area contributed by atoms with Crippen LogP contribution in [0.15, 0.2) is 42.3 Å². The lowest BCUT2D eigenvalue weighted by atomic mass is 10.1. The van der Waals surface area contributed by atoms with Crippen LogP contribution in [0.3, 0.4) is 0 Å². The van der Waals surface area contributed by atoms with E-state index in [-0.39, 0.29) is 5.97 Å². The maximum atomic E-state index is 11.6. The van der Waals surface area contributed by atoms with Crippen LogP contribution in [0.1, 0.15) is 12.5 Å². The van der Waals surface area contributed by atoms with Crippen LogP contribution in [-0.2, 0) is 16.1 Å². The lowest BCUT2D eigenvalue weighted by Gasteiger charge is -2.19. The molecule has 0 unspecified atom stereocenters.